The summed E-state index contributed by atoms with van der Waals surface area (Å²) < 4.78 is 0. The molecule has 2 heteroatoms. The van der Waals surface area contributed by atoms with Crippen molar-refractivity contribution in [2.24, 2.45) is 0 Å². The van der Waals surface area contributed by atoms with Crippen LogP contribution in [0.5, 0.6) is 0 Å². The van der Waals surface area contributed by atoms with Crippen LogP contribution in [-0.4, -0.2) is 18.8 Å². The van der Waals surface area contributed by atoms with Crippen LogP contribution in [0.1, 0.15) is 29.0 Å². The Morgan fingerprint density at radius 2 is 1.95 bits per heavy atom. The van der Waals surface area contributed by atoms with Crippen molar-refractivity contribution in [1.82, 2.24) is 0 Å². The van der Waals surface area contributed by atoms with E-state index in [0.717, 1.165) is 18.8 Å². The van der Waals surface area contributed by atoms with Crippen LogP contribution in [0.25, 0.3) is 0 Å². The van der Waals surface area contributed by atoms with Gasteiger partial charge in [0, 0.05) is 24.7 Å². The van der Waals surface area contributed by atoms with Crippen LogP contribution >= 0.6 is 12.6 Å². The molecule has 3 rings (SSSR count). The average Bonchev–Trinajstić information content (AvgIpc) is 2.53. The molecular formula is C19H23NS. The van der Waals surface area contributed by atoms with Gasteiger partial charge in [-0.1, -0.05) is 48.0 Å². The smallest absolute Gasteiger partial charge is 0.0399 e. The molecule has 110 valence electrons. The van der Waals surface area contributed by atoms with Gasteiger partial charge in [0.1, 0.15) is 0 Å². The molecule has 0 radical (unpaired) electrons. The molecule has 1 nitrogen and oxygen atoms in total. The summed E-state index contributed by atoms with van der Waals surface area (Å²) >= 11 is 4.59. The van der Waals surface area contributed by atoms with Crippen molar-refractivity contribution in [2.45, 2.75) is 25.7 Å². The SMILES string of the molecule is Cc1ccc2c(c1)CCCN2CC(CS)c1ccccc1. The molecule has 0 aliphatic carbocycles. The summed E-state index contributed by atoms with van der Waals surface area (Å²) in [6.07, 6.45) is 2.47. The molecule has 0 fully saturated rings. The molecule has 0 amide bonds. The average molecular weight is 297 g/mol. The molecule has 21 heavy (non-hydrogen) atoms. The maximum absolute atomic E-state index is 4.59. The van der Waals surface area contributed by atoms with E-state index in [1.807, 2.05) is 0 Å². The minimum absolute atomic E-state index is 0.488. The lowest BCUT2D eigenvalue weighted by Gasteiger charge is -2.34. The van der Waals surface area contributed by atoms with E-state index in [0.29, 0.717) is 5.92 Å². The number of rotatable bonds is 4. The molecule has 2 aromatic rings. The van der Waals surface area contributed by atoms with Gasteiger partial charge in [0.2, 0.25) is 0 Å². The zero-order valence-electron chi connectivity index (χ0n) is 12.6. The second-order valence-corrected chi connectivity index (χ2v) is 6.34. The molecule has 1 atom stereocenters. The van der Waals surface area contributed by atoms with Gasteiger partial charge in [-0.25, -0.2) is 0 Å². The van der Waals surface area contributed by atoms with Crippen LogP contribution < -0.4 is 4.90 Å². The van der Waals surface area contributed by atoms with E-state index in [2.05, 4.69) is 73.0 Å². The van der Waals surface area contributed by atoms with Crippen molar-refractivity contribution >= 4 is 18.3 Å². The van der Waals surface area contributed by atoms with Crippen LogP contribution in [0, 0.1) is 6.92 Å². The van der Waals surface area contributed by atoms with Crippen molar-refractivity contribution in [3.63, 3.8) is 0 Å². The van der Waals surface area contributed by atoms with E-state index in [-0.39, 0.29) is 0 Å². The van der Waals surface area contributed by atoms with Gasteiger partial charge in [-0.3, -0.25) is 0 Å². The maximum Gasteiger partial charge on any atom is 0.0399 e. The number of aryl methyl sites for hydroxylation is 2. The molecule has 2 aromatic carbocycles. The third-order valence-corrected chi connectivity index (χ3v) is 4.82. The van der Waals surface area contributed by atoms with Gasteiger partial charge in [0.15, 0.2) is 0 Å². The van der Waals surface area contributed by atoms with E-state index in [1.165, 1.54) is 35.2 Å². The van der Waals surface area contributed by atoms with Crippen molar-refractivity contribution in [2.75, 3.05) is 23.7 Å². The number of anilines is 1. The first kappa shape index (κ1) is 14.5. The standard InChI is InChI=1S/C19H23NS/c1-15-9-10-19-17(12-15)8-5-11-20(19)13-18(14-21)16-6-3-2-4-7-16/h2-4,6-7,9-10,12,18,21H,5,8,11,13-14H2,1H3. The lowest BCUT2D eigenvalue weighted by atomic mass is 9.96. The van der Waals surface area contributed by atoms with E-state index < -0.39 is 0 Å². The fraction of sp³-hybridized carbons (Fsp3) is 0.368. The first-order valence-corrected chi connectivity index (χ1v) is 8.41. The second-order valence-electron chi connectivity index (χ2n) is 5.97. The maximum atomic E-state index is 4.59. The Kier molecular flexibility index (Phi) is 4.54. The molecule has 0 saturated carbocycles. The molecule has 1 aliphatic rings. The Balaban J connectivity index is 1.82. The van der Waals surface area contributed by atoms with Gasteiger partial charge < -0.3 is 4.90 Å². The first-order valence-electron chi connectivity index (χ1n) is 7.78. The van der Waals surface area contributed by atoms with Crippen LogP contribution in [0.4, 0.5) is 5.69 Å². The summed E-state index contributed by atoms with van der Waals surface area (Å²) in [5.74, 6) is 1.38. The molecule has 1 unspecified atom stereocenters. The number of benzene rings is 2. The van der Waals surface area contributed by atoms with Gasteiger partial charge in [-0.15, -0.1) is 0 Å². The van der Waals surface area contributed by atoms with E-state index in [1.54, 1.807) is 0 Å². The highest BCUT2D eigenvalue weighted by molar-refractivity contribution is 7.80. The topological polar surface area (TPSA) is 3.24 Å². The van der Waals surface area contributed by atoms with Crippen molar-refractivity contribution in [1.29, 1.82) is 0 Å². The summed E-state index contributed by atoms with van der Waals surface area (Å²) in [6.45, 7) is 4.40. The van der Waals surface area contributed by atoms with E-state index >= 15 is 0 Å². The van der Waals surface area contributed by atoms with E-state index in [4.69, 9.17) is 0 Å². The second kappa shape index (κ2) is 6.57. The van der Waals surface area contributed by atoms with Crippen LogP contribution in [0.15, 0.2) is 48.5 Å². The lowest BCUT2D eigenvalue weighted by molar-refractivity contribution is 0.644. The fourth-order valence-corrected chi connectivity index (χ4v) is 3.58. The summed E-state index contributed by atoms with van der Waals surface area (Å²) in [5, 5.41) is 0. The van der Waals surface area contributed by atoms with Gasteiger partial charge in [-0.05, 0) is 42.7 Å². The van der Waals surface area contributed by atoms with Gasteiger partial charge in [0.25, 0.3) is 0 Å². The van der Waals surface area contributed by atoms with Gasteiger partial charge >= 0.3 is 0 Å². The number of thiol groups is 1. The lowest BCUT2D eigenvalue weighted by Crippen LogP contribution is -2.33. The van der Waals surface area contributed by atoms with E-state index in [9.17, 15) is 0 Å². The zero-order chi connectivity index (χ0) is 14.7. The molecule has 1 aliphatic heterocycles. The highest BCUT2D eigenvalue weighted by atomic mass is 32.1. The number of fused-ring (bicyclic) bond motifs is 1. The zero-order valence-corrected chi connectivity index (χ0v) is 13.5. The Labute approximate surface area is 133 Å². The normalized spacial score (nSPS) is 15.6. The molecule has 0 spiro atoms. The third-order valence-electron chi connectivity index (χ3n) is 4.38. The fourth-order valence-electron chi connectivity index (χ4n) is 3.25. The van der Waals surface area contributed by atoms with Gasteiger partial charge in [-0.2, -0.15) is 12.6 Å². The summed E-state index contributed by atoms with van der Waals surface area (Å²) in [7, 11) is 0. The van der Waals surface area contributed by atoms with Crippen LogP contribution in [0.2, 0.25) is 0 Å². The van der Waals surface area contributed by atoms with Crippen molar-refractivity contribution < 1.29 is 0 Å². The Bertz CT molecular complexity index is 594. The summed E-state index contributed by atoms with van der Waals surface area (Å²) in [4.78, 5) is 2.55. The summed E-state index contributed by atoms with van der Waals surface area (Å²) in [5.41, 5.74) is 5.69. The number of hydrogen-bond donors (Lipinski definition) is 1. The van der Waals surface area contributed by atoms with Crippen LogP contribution in [0.3, 0.4) is 0 Å². The first-order chi connectivity index (χ1) is 10.3. The highest BCUT2D eigenvalue weighted by Gasteiger charge is 2.20. The quantitative estimate of drug-likeness (QED) is 0.815. The monoisotopic (exact) mass is 297 g/mol. The Morgan fingerprint density at radius 3 is 2.71 bits per heavy atom. The molecule has 1 heterocycles. The Morgan fingerprint density at radius 1 is 1.14 bits per heavy atom. The highest BCUT2D eigenvalue weighted by Crippen LogP contribution is 2.30. The Hall–Kier alpha value is -1.41. The summed E-state index contributed by atoms with van der Waals surface area (Å²) in [6, 6.07) is 17.7. The molecule has 0 aromatic heterocycles. The predicted molar refractivity (Wildman–Crippen MR) is 94.7 cm³/mol. The van der Waals surface area contributed by atoms with Crippen LogP contribution in [-0.2, 0) is 6.42 Å². The number of hydrogen-bond acceptors (Lipinski definition) is 2. The molecular weight excluding hydrogens is 274 g/mol. The van der Waals surface area contributed by atoms with Crippen molar-refractivity contribution in [3.8, 4) is 0 Å². The minimum Gasteiger partial charge on any atom is -0.371 e. The molecule has 0 bridgehead atoms. The van der Waals surface area contributed by atoms with Gasteiger partial charge in [0.05, 0.1) is 0 Å². The molecule has 0 saturated heterocycles. The minimum atomic E-state index is 0.488. The largest absolute Gasteiger partial charge is 0.371 e. The third kappa shape index (κ3) is 3.26. The molecule has 0 N–H and O–H groups in total. The number of nitrogens with zero attached hydrogens (tertiary/aromatic N) is 1. The predicted octanol–water partition coefficient (Wildman–Crippen LogP) is 4.46. The van der Waals surface area contributed by atoms with Crippen molar-refractivity contribution in [3.05, 3.63) is 65.2 Å².